The van der Waals surface area contributed by atoms with Crippen molar-refractivity contribution in [3.63, 3.8) is 0 Å². The van der Waals surface area contributed by atoms with Gasteiger partial charge in [0.1, 0.15) is 11.6 Å². The summed E-state index contributed by atoms with van der Waals surface area (Å²) in [6.07, 6.45) is 3.88. The van der Waals surface area contributed by atoms with Crippen molar-refractivity contribution >= 4 is 51.9 Å². The number of fused-ring (bicyclic) bond motifs is 1. The van der Waals surface area contributed by atoms with Crippen molar-refractivity contribution in [3.8, 4) is 6.07 Å². The summed E-state index contributed by atoms with van der Waals surface area (Å²) in [5.41, 5.74) is 3.98. The molecule has 15 heteroatoms. The van der Waals surface area contributed by atoms with Gasteiger partial charge in [-0.2, -0.15) is 23.5 Å². The van der Waals surface area contributed by atoms with Crippen LogP contribution in [0.1, 0.15) is 75.4 Å². The lowest BCUT2D eigenvalue weighted by Gasteiger charge is -2.38. The van der Waals surface area contributed by atoms with E-state index in [0.29, 0.717) is 45.6 Å². The zero-order valence-electron chi connectivity index (χ0n) is 24.4. The van der Waals surface area contributed by atoms with Gasteiger partial charge < -0.3 is 10.2 Å². The van der Waals surface area contributed by atoms with Crippen molar-refractivity contribution in [1.29, 1.82) is 5.26 Å². The lowest BCUT2D eigenvalue weighted by molar-refractivity contribution is -0.192. The third-order valence-electron chi connectivity index (χ3n) is 8.18. The van der Waals surface area contributed by atoms with Crippen LogP contribution in [0, 0.1) is 17.2 Å². The van der Waals surface area contributed by atoms with Crippen molar-refractivity contribution in [1.82, 2.24) is 24.6 Å². The molecule has 2 aliphatic rings. The molecule has 2 unspecified atom stereocenters. The quantitative estimate of drug-likeness (QED) is 0.279. The molecule has 3 aromatic rings. The van der Waals surface area contributed by atoms with E-state index in [4.69, 9.17) is 43.2 Å². The monoisotopic (exact) mass is 666 g/mol. The molecule has 1 saturated heterocycles. The normalized spacial score (nSPS) is 21.0. The summed E-state index contributed by atoms with van der Waals surface area (Å²) in [5, 5.41) is 31.5. The molecule has 0 radical (unpaired) electrons. The van der Waals surface area contributed by atoms with Crippen LogP contribution in [0.25, 0.3) is 16.7 Å². The number of alkyl halides is 3. The highest BCUT2D eigenvalue weighted by atomic mass is 35.5. The maximum absolute atomic E-state index is 11.1. The lowest BCUT2D eigenvalue weighted by Crippen LogP contribution is -2.43. The van der Waals surface area contributed by atoms with Crippen molar-refractivity contribution in [2.45, 2.75) is 76.7 Å². The van der Waals surface area contributed by atoms with Crippen LogP contribution in [0.5, 0.6) is 0 Å². The first-order chi connectivity index (χ1) is 21.2. The Balaban J connectivity index is 0.000000591. The first kappa shape index (κ1) is 34.1. The summed E-state index contributed by atoms with van der Waals surface area (Å²) in [4.78, 5) is 32.1. The number of aliphatic carboxylic acids is 2. The van der Waals surface area contributed by atoms with Crippen LogP contribution < -0.4 is 0 Å². The summed E-state index contributed by atoms with van der Waals surface area (Å²) in [5.74, 6) is -3.18. The largest absolute Gasteiger partial charge is 0.490 e. The SMILES string of the molecule is CC1C=C(c2cnc3c(C#N)nn([C@H](C)c4ccc(Cl)cc4Cl)c3n2)CCC1N1CCC[C@H]1CCC(=O)O.O=C(O)C(F)(F)F. The zero-order chi connectivity index (χ0) is 33.1. The summed E-state index contributed by atoms with van der Waals surface area (Å²) in [6.45, 7) is 5.21. The predicted molar refractivity (Wildman–Crippen MR) is 161 cm³/mol. The number of carbonyl (C=O) groups is 2. The van der Waals surface area contributed by atoms with Crippen molar-refractivity contribution < 1.29 is 33.0 Å². The molecular formula is C30H31Cl2F3N6O4. The average molecular weight is 668 g/mol. The van der Waals surface area contributed by atoms with E-state index in [0.717, 1.165) is 49.1 Å². The summed E-state index contributed by atoms with van der Waals surface area (Å²) < 4.78 is 33.5. The molecule has 1 aromatic carbocycles. The molecule has 0 amide bonds. The van der Waals surface area contributed by atoms with Crippen molar-refractivity contribution in [2.24, 2.45) is 5.92 Å². The number of carboxylic acids is 2. The molecule has 1 aliphatic carbocycles. The Bertz CT molecular complexity index is 1650. The van der Waals surface area contributed by atoms with Crippen LogP contribution in [0.3, 0.4) is 0 Å². The maximum atomic E-state index is 11.1. The molecule has 10 nitrogen and oxygen atoms in total. The molecule has 4 atom stereocenters. The van der Waals surface area contributed by atoms with Gasteiger partial charge in [0, 0.05) is 28.5 Å². The van der Waals surface area contributed by atoms with E-state index in [9.17, 15) is 23.2 Å². The Morgan fingerprint density at radius 2 is 1.93 bits per heavy atom. The third kappa shape index (κ3) is 7.92. The number of rotatable bonds is 7. The fourth-order valence-electron chi connectivity index (χ4n) is 6.03. The molecule has 2 N–H and O–H groups in total. The summed E-state index contributed by atoms with van der Waals surface area (Å²) in [6, 6.07) is 7.92. The number of nitrogens with zero attached hydrogens (tertiary/aromatic N) is 6. The van der Waals surface area contributed by atoms with Crippen molar-refractivity contribution in [3.05, 3.63) is 57.5 Å². The van der Waals surface area contributed by atoms with Crippen LogP contribution in [0.4, 0.5) is 13.2 Å². The Hall–Kier alpha value is -3.73. The number of benzene rings is 1. The Morgan fingerprint density at radius 3 is 2.53 bits per heavy atom. The second kappa shape index (κ2) is 14.1. The highest BCUT2D eigenvalue weighted by Gasteiger charge is 2.38. The number of likely N-dealkylation sites (tertiary alicyclic amines) is 1. The Morgan fingerprint density at radius 1 is 1.22 bits per heavy atom. The van der Waals surface area contributed by atoms with Gasteiger partial charge in [-0.1, -0.05) is 42.3 Å². The minimum absolute atomic E-state index is 0.219. The summed E-state index contributed by atoms with van der Waals surface area (Å²) in [7, 11) is 0. The second-order valence-electron chi connectivity index (χ2n) is 11.1. The first-order valence-corrected chi connectivity index (χ1v) is 15.1. The second-order valence-corrected chi connectivity index (χ2v) is 11.9. The molecular weight excluding hydrogens is 636 g/mol. The number of allylic oxidation sites excluding steroid dienone is 1. The highest BCUT2D eigenvalue weighted by molar-refractivity contribution is 6.35. The van der Waals surface area contributed by atoms with Gasteiger partial charge >= 0.3 is 18.1 Å². The van der Waals surface area contributed by atoms with Crippen LogP contribution in [-0.2, 0) is 9.59 Å². The highest BCUT2D eigenvalue weighted by Crippen LogP contribution is 2.37. The van der Waals surface area contributed by atoms with E-state index in [2.05, 4.69) is 34.1 Å². The van der Waals surface area contributed by atoms with Gasteiger partial charge in [-0.3, -0.25) is 9.69 Å². The topological polar surface area (TPSA) is 145 Å². The van der Waals surface area contributed by atoms with E-state index in [1.165, 1.54) is 0 Å². The Labute approximate surface area is 267 Å². The van der Waals surface area contributed by atoms with Gasteiger partial charge in [0.25, 0.3) is 0 Å². The van der Waals surface area contributed by atoms with Gasteiger partial charge in [-0.25, -0.2) is 19.4 Å². The number of carboxylic acid groups (broad SMARTS) is 2. The number of aromatic nitrogens is 4. The van der Waals surface area contributed by atoms with Gasteiger partial charge in [0.05, 0.1) is 17.9 Å². The van der Waals surface area contributed by atoms with E-state index >= 15 is 0 Å². The van der Waals surface area contributed by atoms with E-state index in [1.807, 2.05) is 13.0 Å². The molecule has 0 bridgehead atoms. The molecule has 3 heterocycles. The zero-order valence-corrected chi connectivity index (χ0v) is 25.9. The van der Waals surface area contributed by atoms with Crippen molar-refractivity contribution in [2.75, 3.05) is 6.54 Å². The molecule has 240 valence electrons. The fraction of sp³-hybridized carbons (Fsp3) is 0.467. The number of hydrogen-bond donors (Lipinski definition) is 2. The molecule has 0 saturated carbocycles. The average Bonchev–Trinajstić information content (AvgIpc) is 3.59. The van der Waals surface area contributed by atoms with E-state index in [-0.39, 0.29) is 18.2 Å². The predicted octanol–water partition coefficient (Wildman–Crippen LogP) is 6.76. The number of halogens is 5. The standard InChI is InChI=1S/C28H30Cl2N6O2.C2HF3O2/c1-16-12-18(5-9-25(16)35-11-3-4-20(35)7-10-26(37)38)24-15-32-27-23(14-31)34-36(28(27)33-24)17(2)21-8-6-19(29)13-22(21)30;3-2(4,5)1(6)7/h6,8,12-13,15-17,20,25H,3-5,7,9-11H2,1-2H3,(H,37,38);(H,6,7)/t16?,17-,20+,25?;/m1./s1. The fourth-order valence-corrected chi connectivity index (χ4v) is 6.60. The van der Waals surface area contributed by atoms with Crippen LogP contribution >= 0.6 is 23.2 Å². The lowest BCUT2D eigenvalue weighted by atomic mass is 9.84. The van der Waals surface area contributed by atoms with Gasteiger partial charge in [0.2, 0.25) is 0 Å². The minimum Gasteiger partial charge on any atom is -0.481 e. The third-order valence-corrected chi connectivity index (χ3v) is 8.74. The molecule has 2 aromatic heterocycles. The van der Waals surface area contributed by atoms with Gasteiger partial charge in [-0.15, -0.1) is 0 Å². The van der Waals surface area contributed by atoms with E-state index < -0.39 is 18.1 Å². The molecule has 1 fully saturated rings. The molecule has 5 rings (SSSR count). The van der Waals surface area contributed by atoms with Crippen LogP contribution in [-0.4, -0.2) is 71.6 Å². The molecule has 0 spiro atoms. The van der Waals surface area contributed by atoms with Gasteiger partial charge in [-0.05, 0) is 74.8 Å². The number of hydrogen-bond acceptors (Lipinski definition) is 7. The first-order valence-electron chi connectivity index (χ1n) is 14.3. The number of nitriles is 1. The smallest absolute Gasteiger partial charge is 0.481 e. The van der Waals surface area contributed by atoms with Crippen LogP contribution in [0.15, 0.2) is 30.5 Å². The Kier molecular flexibility index (Phi) is 10.7. The summed E-state index contributed by atoms with van der Waals surface area (Å²) >= 11 is 12.6. The molecule has 1 aliphatic heterocycles. The van der Waals surface area contributed by atoms with E-state index in [1.54, 1.807) is 23.0 Å². The molecule has 45 heavy (non-hydrogen) atoms. The van der Waals surface area contributed by atoms with Gasteiger partial charge in [0.15, 0.2) is 11.3 Å². The minimum atomic E-state index is -5.08. The van der Waals surface area contributed by atoms with Crippen LogP contribution in [0.2, 0.25) is 10.0 Å². The maximum Gasteiger partial charge on any atom is 0.490 e.